The summed E-state index contributed by atoms with van der Waals surface area (Å²) in [6, 6.07) is 1.55. The van der Waals surface area contributed by atoms with Crippen molar-refractivity contribution in [3.63, 3.8) is 0 Å². The van der Waals surface area contributed by atoms with Gasteiger partial charge < -0.3 is 10.4 Å². The molecule has 0 aromatic heterocycles. The first-order valence-electron chi connectivity index (χ1n) is 4.16. The first kappa shape index (κ1) is 9.79. The van der Waals surface area contributed by atoms with E-state index >= 15 is 0 Å². The third-order valence-electron chi connectivity index (χ3n) is 2.33. The van der Waals surface area contributed by atoms with Crippen LogP contribution in [-0.4, -0.2) is 11.0 Å². The van der Waals surface area contributed by atoms with Crippen LogP contribution in [0.15, 0.2) is 24.8 Å². The fraction of sp³-hybridized carbons (Fsp3) is 0.100. The first-order valence-corrected chi connectivity index (χ1v) is 4.16. The van der Waals surface area contributed by atoms with Gasteiger partial charge in [0.15, 0.2) is 5.60 Å². The Labute approximate surface area is 84.0 Å². The van der Waals surface area contributed by atoms with Crippen molar-refractivity contribution in [3.8, 4) is 0 Å². The first-order chi connectivity index (χ1) is 6.99. The minimum atomic E-state index is -2.12. The second kappa shape index (κ2) is 2.87. The molecule has 1 unspecified atom stereocenters. The van der Waals surface area contributed by atoms with E-state index in [1.165, 1.54) is 0 Å². The molecule has 1 aliphatic heterocycles. The maximum absolute atomic E-state index is 13.4. The SMILES string of the molecule is C=CC1(O)C(=O)Nc2cc(F)cc(F)c21. The Kier molecular flexibility index (Phi) is 1.87. The number of amides is 1. The number of carbonyl (C=O) groups excluding carboxylic acids is 1. The predicted molar refractivity (Wildman–Crippen MR) is 49.1 cm³/mol. The van der Waals surface area contributed by atoms with Crippen LogP contribution < -0.4 is 5.32 Å². The second-order valence-electron chi connectivity index (χ2n) is 3.23. The summed E-state index contributed by atoms with van der Waals surface area (Å²) in [5.74, 6) is -2.64. The van der Waals surface area contributed by atoms with E-state index in [0.29, 0.717) is 6.07 Å². The number of hydrogen-bond acceptors (Lipinski definition) is 2. The molecule has 3 nitrogen and oxygen atoms in total. The van der Waals surface area contributed by atoms with Crippen LogP contribution in [0.1, 0.15) is 5.56 Å². The van der Waals surface area contributed by atoms with E-state index in [9.17, 15) is 18.7 Å². The van der Waals surface area contributed by atoms with E-state index < -0.39 is 23.1 Å². The van der Waals surface area contributed by atoms with E-state index in [1.54, 1.807) is 0 Å². The summed E-state index contributed by atoms with van der Waals surface area (Å²) in [6.45, 7) is 3.26. The molecule has 1 aliphatic rings. The molecule has 78 valence electrons. The Bertz CT molecular complexity index is 473. The average molecular weight is 211 g/mol. The molecule has 1 aromatic carbocycles. The van der Waals surface area contributed by atoms with Crippen LogP contribution in [0.3, 0.4) is 0 Å². The number of rotatable bonds is 1. The smallest absolute Gasteiger partial charge is 0.265 e. The third-order valence-corrected chi connectivity index (χ3v) is 2.33. The van der Waals surface area contributed by atoms with Crippen LogP contribution in [0, 0.1) is 11.6 Å². The predicted octanol–water partition coefficient (Wildman–Crippen LogP) is 1.29. The molecule has 1 amide bonds. The molecule has 0 saturated heterocycles. The van der Waals surface area contributed by atoms with Crippen molar-refractivity contribution in [1.82, 2.24) is 0 Å². The summed E-state index contributed by atoms with van der Waals surface area (Å²) in [5.41, 5.74) is -2.48. The number of hydrogen-bond donors (Lipinski definition) is 2. The van der Waals surface area contributed by atoms with Crippen LogP contribution in [0.5, 0.6) is 0 Å². The van der Waals surface area contributed by atoms with Gasteiger partial charge in [-0.15, -0.1) is 0 Å². The van der Waals surface area contributed by atoms with Gasteiger partial charge in [0.25, 0.3) is 5.91 Å². The van der Waals surface area contributed by atoms with Gasteiger partial charge in [-0.05, 0) is 12.1 Å². The lowest BCUT2D eigenvalue weighted by molar-refractivity contribution is -0.129. The van der Waals surface area contributed by atoms with E-state index in [4.69, 9.17) is 0 Å². The topological polar surface area (TPSA) is 49.3 Å². The van der Waals surface area contributed by atoms with Crippen molar-refractivity contribution < 1.29 is 18.7 Å². The molecule has 2 N–H and O–H groups in total. The summed E-state index contributed by atoms with van der Waals surface area (Å²) in [5, 5.41) is 12.0. The van der Waals surface area contributed by atoms with Crippen LogP contribution >= 0.6 is 0 Å². The average Bonchev–Trinajstić information content (AvgIpc) is 2.39. The molecule has 1 heterocycles. The van der Waals surface area contributed by atoms with Crippen molar-refractivity contribution in [1.29, 1.82) is 0 Å². The van der Waals surface area contributed by atoms with Gasteiger partial charge in [0.05, 0.1) is 11.3 Å². The van der Waals surface area contributed by atoms with Gasteiger partial charge in [-0.3, -0.25) is 4.79 Å². The highest BCUT2D eigenvalue weighted by Gasteiger charge is 2.45. The zero-order valence-electron chi connectivity index (χ0n) is 7.55. The Morgan fingerprint density at radius 2 is 2.13 bits per heavy atom. The number of fused-ring (bicyclic) bond motifs is 1. The molecule has 2 rings (SSSR count). The maximum atomic E-state index is 13.4. The van der Waals surface area contributed by atoms with Crippen molar-refractivity contribution in [2.75, 3.05) is 5.32 Å². The molecule has 0 aliphatic carbocycles. The molecule has 0 fully saturated rings. The quantitative estimate of drug-likeness (QED) is 0.687. The van der Waals surface area contributed by atoms with Gasteiger partial charge in [0.1, 0.15) is 11.6 Å². The number of anilines is 1. The number of nitrogens with one attached hydrogen (secondary N) is 1. The van der Waals surface area contributed by atoms with Gasteiger partial charge in [0, 0.05) is 6.07 Å². The van der Waals surface area contributed by atoms with Crippen molar-refractivity contribution in [2.24, 2.45) is 0 Å². The largest absolute Gasteiger partial charge is 0.372 e. The highest BCUT2D eigenvalue weighted by atomic mass is 19.1. The minimum Gasteiger partial charge on any atom is -0.372 e. The molecule has 1 atom stereocenters. The van der Waals surface area contributed by atoms with E-state index in [1.807, 2.05) is 0 Å². The van der Waals surface area contributed by atoms with Gasteiger partial charge in [-0.1, -0.05) is 6.58 Å². The lowest BCUT2D eigenvalue weighted by Crippen LogP contribution is -2.32. The standard InChI is InChI=1S/C10H7F2NO2/c1-2-10(15)8-6(12)3-5(11)4-7(8)13-9(10)14/h2-4,15H,1H2,(H,13,14). The minimum absolute atomic E-state index is 0.0695. The summed E-state index contributed by atoms with van der Waals surface area (Å²) < 4.78 is 26.2. The van der Waals surface area contributed by atoms with Gasteiger partial charge in [-0.25, -0.2) is 8.78 Å². The lowest BCUT2D eigenvalue weighted by Gasteiger charge is -2.15. The zero-order chi connectivity index (χ0) is 11.2. The Morgan fingerprint density at radius 3 is 2.73 bits per heavy atom. The Morgan fingerprint density at radius 1 is 1.47 bits per heavy atom. The molecule has 0 spiro atoms. The summed E-state index contributed by atoms with van der Waals surface area (Å²) >= 11 is 0. The number of halogens is 2. The van der Waals surface area contributed by atoms with Crippen LogP contribution in [0.4, 0.5) is 14.5 Å². The molecular weight excluding hydrogens is 204 g/mol. The Hall–Kier alpha value is -1.75. The Balaban J connectivity index is 2.74. The van der Waals surface area contributed by atoms with Gasteiger partial charge in [0.2, 0.25) is 0 Å². The van der Waals surface area contributed by atoms with Crippen LogP contribution in [0.25, 0.3) is 0 Å². The fourth-order valence-electron chi connectivity index (χ4n) is 1.59. The number of carbonyl (C=O) groups is 1. The molecular formula is C10H7F2NO2. The molecule has 5 heteroatoms. The maximum Gasteiger partial charge on any atom is 0.265 e. The molecule has 15 heavy (non-hydrogen) atoms. The molecule has 0 bridgehead atoms. The van der Waals surface area contributed by atoms with E-state index in [-0.39, 0.29) is 11.3 Å². The van der Waals surface area contributed by atoms with E-state index in [2.05, 4.69) is 11.9 Å². The second-order valence-corrected chi connectivity index (χ2v) is 3.23. The van der Waals surface area contributed by atoms with Gasteiger partial charge in [-0.2, -0.15) is 0 Å². The van der Waals surface area contributed by atoms with E-state index in [0.717, 1.165) is 12.1 Å². The summed E-state index contributed by atoms with van der Waals surface area (Å²) in [7, 11) is 0. The fourth-order valence-corrected chi connectivity index (χ4v) is 1.59. The lowest BCUT2D eigenvalue weighted by atomic mass is 9.95. The highest BCUT2D eigenvalue weighted by molar-refractivity contribution is 6.06. The number of aliphatic hydroxyl groups is 1. The van der Waals surface area contributed by atoms with Gasteiger partial charge >= 0.3 is 0 Å². The highest BCUT2D eigenvalue weighted by Crippen LogP contribution is 2.38. The zero-order valence-corrected chi connectivity index (χ0v) is 7.55. The molecule has 0 radical (unpaired) electrons. The van der Waals surface area contributed by atoms with Crippen LogP contribution in [0.2, 0.25) is 0 Å². The molecule has 1 aromatic rings. The van der Waals surface area contributed by atoms with Crippen molar-refractivity contribution in [2.45, 2.75) is 5.60 Å². The molecule has 0 saturated carbocycles. The summed E-state index contributed by atoms with van der Waals surface area (Å²) in [4.78, 5) is 11.3. The normalized spacial score (nSPS) is 23.5. The monoisotopic (exact) mass is 211 g/mol. The third kappa shape index (κ3) is 1.16. The van der Waals surface area contributed by atoms with Crippen molar-refractivity contribution >= 4 is 11.6 Å². The van der Waals surface area contributed by atoms with Crippen LogP contribution in [-0.2, 0) is 10.4 Å². The van der Waals surface area contributed by atoms with Crippen molar-refractivity contribution in [3.05, 3.63) is 42.0 Å². The summed E-state index contributed by atoms with van der Waals surface area (Å²) in [6.07, 6.45) is 0.912. The number of benzene rings is 1.